The van der Waals surface area contributed by atoms with Crippen LogP contribution in [0.25, 0.3) is 0 Å². The predicted molar refractivity (Wildman–Crippen MR) is 91.2 cm³/mol. The summed E-state index contributed by atoms with van der Waals surface area (Å²) in [4.78, 5) is 17.8. The molecule has 23 heavy (non-hydrogen) atoms. The van der Waals surface area contributed by atoms with Gasteiger partial charge in [0.2, 0.25) is 0 Å². The standard InChI is InChI=1S/C18H23N3O2/c1-21-9-7-13(8-10-21)15-11-17(19-12-15)20-18(22)14-3-5-16(23-2)6-4-14/h3-6,11-13,19H,7-10H2,1-2H3,(H,20,22). The Morgan fingerprint density at radius 3 is 2.61 bits per heavy atom. The number of aromatic amines is 1. The Morgan fingerprint density at radius 1 is 1.26 bits per heavy atom. The quantitative estimate of drug-likeness (QED) is 0.912. The van der Waals surface area contributed by atoms with E-state index in [1.807, 2.05) is 6.20 Å². The summed E-state index contributed by atoms with van der Waals surface area (Å²) in [5.41, 5.74) is 1.89. The first-order valence-corrected chi connectivity index (χ1v) is 7.98. The number of hydrogen-bond acceptors (Lipinski definition) is 3. The van der Waals surface area contributed by atoms with Gasteiger partial charge in [-0.2, -0.15) is 0 Å². The molecule has 2 aromatic rings. The molecule has 0 spiro atoms. The highest BCUT2D eigenvalue weighted by atomic mass is 16.5. The van der Waals surface area contributed by atoms with Crippen molar-refractivity contribution in [2.45, 2.75) is 18.8 Å². The monoisotopic (exact) mass is 313 g/mol. The smallest absolute Gasteiger partial charge is 0.256 e. The van der Waals surface area contributed by atoms with Gasteiger partial charge in [-0.1, -0.05) is 0 Å². The average molecular weight is 313 g/mol. The molecule has 1 aromatic carbocycles. The maximum absolute atomic E-state index is 12.3. The molecule has 0 saturated carbocycles. The number of aromatic nitrogens is 1. The first-order chi connectivity index (χ1) is 11.2. The van der Waals surface area contributed by atoms with Crippen LogP contribution in [0.2, 0.25) is 0 Å². The molecule has 5 nitrogen and oxygen atoms in total. The van der Waals surface area contributed by atoms with Crippen molar-refractivity contribution >= 4 is 11.7 Å². The van der Waals surface area contributed by atoms with Crippen LogP contribution in [0, 0.1) is 0 Å². The zero-order valence-electron chi connectivity index (χ0n) is 13.6. The van der Waals surface area contributed by atoms with Crippen LogP contribution in [0.1, 0.15) is 34.7 Å². The molecule has 0 atom stereocenters. The molecule has 0 bridgehead atoms. The molecule has 5 heteroatoms. The minimum Gasteiger partial charge on any atom is -0.497 e. The van der Waals surface area contributed by atoms with E-state index in [4.69, 9.17) is 4.74 Å². The third kappa shape index (κ3) is 3.74. The summed E-state index contributed by atoms with van der Waals surface area (Å²) in [6, 6.07) is 9.14. The molecule has 0 radical (unpaired) electrons. The fraction of sp³-hybridized carbons (Fsp3) is 0.389. The van der Waals surface area contributed by atoms with E-state index < -0.39 is 0 Å². The van der Waals surface area contributed by atoms with E-state index in [0.29, 0.717) is 11.5 Å². The minimum atomic E-state index is -0.121. The van der Waals surface area contributed by atoms with Crippen LogP contribution in [-0.2, 0) is 0 Å². The highest BCUT2D eigenvalue weighted by Gasteiger charge is 2.19. The van der Waals surface area contributed by atoms with Gasteiger partial charge in [0.25, 0.3) is 5.91 Å². The van der Waals surface area contributed by atoms with Gasteiger partial charge in [0.1, 0.15) is 11.6 Å². The molecule has 0 aliphatic carbocycles. The van der Waals surface area contributed by atoms with Crippen molar-refractivity contribution in [2.24, 2.45) is 0 Å². The number of H-pyrrole nitrogens is 1. The number of likely N-dealkylation sites (tertiary alicyclic amines) is 1. The number of nitrogens with zero attached hydrogens (tertiary/aromatic N) is 1. The summed E-state index contributed by atoms with van der Waals surface area (Å²) in [5, 5.41) is 2.92. The normalized spacial score (nSPS) is 16.3. The summed E-state index contributed by atoms with van der Waals surface area (Å²) in [5.74, 6) is 1.95. The second kappa shape index (κ2) is 6.87. The van der Waals surface area contributed by atoms with Crippen LogP contribution in [0.3, 0.4) is 0 Å². The zero-order chi connectivity index (χ0) is 16.2. The van der Waals surface area contributed by atoms with E-state index >= 15 is 0 Å². The largest absolute Gasteiger partial charge is 0.497 e. The van der Waals surface area contributed by atoms with Crippen LogP contribution < -0.4 is 10.1 Å². The molecule has 3 rings (SSSR count). The lowest BCUT2D eigenvalue weighted by Gasteiger charge is -2.28. The maximum atomic E-state index is 12.3. The summed E-state index contributed by atoms with van der Waals surface area (Å²) >= 11 is 0. The fourth-order valence-corrected chi connectivity index (χ4v) is 3.00. The molecule has 122 valence electrons. The Labute approximate surface area is 136 Å². The molecule has 2 N–H and O–H groups in total. The van der Waals surface area contributed by atoms with Gasteiger partial charge in [0, 0.05) is 11.8 Å². The molecule has 1 aliphatic heterocycles. The molecular formula is C18H23N3O2. The summed E-state index contributed by atoms with van der Waals surface area (Å²) in [7, 11) is 3.77. The Bertz CT molecular complexity index is 655. The molecule has 1 saturated heterocycles. The van der Waals surface area contributed by atoms with Crippen molar-refractivity contribution in [3.8, 4) is 5.75 Å². The van der Waals surface area contributed by atoms with Crippen LogP contribution in [0.4, 0.5) is 5.82 Å². The topological polar surface area (TPSA) is 57.4 Å². The lowest BCUT2D eigenvalue weighted by atomic mass is 9.91. The lowest BCUT2D eigenvalue weighted by molar-refractivity contribution is 0.102. The van der Waals surface area contributed by atoms with Crippen molar-refractivity contribution < 1.29 is 9.53 Å². The number of benzene rings is 1. The van der Waals surface area contributed by atoms with Gasteiger partial charge in [-0.05, 0) is 74.8 Å². The number of nitrogens with one attached hydrogen (secondary N) is 2. The third-order valence-electron chi connectivity index (χ3n) is 4.50. The van der Waals surface area contributed by atoms with Crippen molar-refractivity contribution in [2.75, 3.05) is 32.6 Å². The number of ether oxygens (including phenoxy) is 1. The number of amides is 1. The van der Waals surface area contributed by atoms with Gasteiger partial charge in [-0.15, -0.1) is 0 Å². The number of anilines is 1. The van der Waals surface area contributed by atoms with Crippen LogP contribution in [0.5, 0.6) is 5.75 Å². The van der Waals surface area contributed by atoms with E-state index in [0.717, 1.165) is 24.7 Å². The zero-order valence-corrected chi connectivity index (χ0v) is 13.6. The third-order valence-corrected chi connectivity index (χ3v) is 4.50. The number of piperidine rings is 1. The summed E-state index contributed by atoms with van der Waals surface area (Å²) < 4.78 is 5.10. The predicted octanol–water partition coefficient (Wildman–Crippen LogP) is 3.08. The number of carbonyl (C=O) groups excluding carboxylic acids is 1. The second-order valence-electron chi connectivity index (χ2n) is 6.11. The number of methoxy groups -OCH3 is 1. The van der Waals surface area contributed by atoms with Gasteiger partial charge < -0.3 is 19.9 Å². The summed E-state index contributed by atoms with van der Waals surface area (Å²) in [6.07, 6.45) is 4.35. The average Bonchev–Trinajstić information content (AvgIpc) is 3.04. The Hall–Kier alpha value is -2.27. The van der Waals surface area contributed by atoms with Crippen LogP contribution in [-0.4, -0.2) is 43.0 Å². The fourth-order valence-electron chi connectivity index (χ4n) is 3.00. The van der Waals surface area contributed by atoms with Crippen molar-refractivity contribution in [1.29, 1.82) is 0 Å². The molecule has 1 aromatic heterocycles. The summed E-state index contributed by atoms with van der Waals surface area (Å²) in [6.45, 7) is 2.26. The second-order valence-corrected chi connectivity index (χ2v) is 6.11. The highest BCUT2D eigenvalue weighted by Crippen LogP contribution is 2.29. The highest BCUT2D eigenvalue weighted by molar-refractivity contribution is 6.03. The van der Waals surface area contributed by atoms with Gasteiger partial charge in [0.05, 0.1) is 7.11 Å². The van der Waals surface area contributed by atoms with Gasteiger partial charge in [-0.3, -0.25) is 4.79 Å². The Kier molecular flexibility index (Phi) is 4.67. The van der Waals surface area contributed by atoms with Gasteiger partial charge in [-0.25, -0.2) is 0 Å². The SMILES string of the molecule is COc1ccc(C(=O)Nc2cc(C3CCN(C)CC3)c[nH]2)cc1. The van der Waals surface area contributed by atoms with Gasteiger partial charge in [0.15, 0.2) is 0 Å². The van der Waals surface area contributed by atoms with Crippen molar-refractivity contribution in [3.05, 3.63) is 47.7 Å². The minimum absolute atomic E-state index is 0.121. The molecular weight excluding hydrogens is 290 g/mol. The first kappa shape index (κ1) is 15.6. The lowest BCUT2D eigenvalue weighted by Crippen LogP contribution is -2.29. The maximum Gasteiger partial charge on any atom is 0.256 e. The van der Waals surface area contributed by atoms with E-state index in [1.54, 1.807) is 31.4 Å². The molecule has 1 amide bonds. The number of carbonyl (C=O) groups is 1. The molecule has 0 unspecified atom stereocenters. The number of rotatable bonds is 4. The van der Waals surface area contributed by atoms with Crippen LogP contribution >= 0.6 is 0 Å². The first-order valence-electron chi connectivity index (χ1n) is 7.98. The van der Waals surface area contributed by atoms with Crippen molar-refractivity contribution in [3.63, 3.8) is 0 Å². The van der Waals surface area contributed by atoms with E-state index in [9.17, 15) is 4.79 Å². The molecule has 2 heterocycles. The number of hydrogen-bond donors (Lipinski definition) is 2. The Balaban J connectivity index is 1.62. The van der Waals surface area contributed by atoms with Crippen LogP contribution in [0.15, 0.2) is 36.5 Å². The van der Waals surface area contributed by atoms with E-state index in [-0.39, 0.29) is 5.91 Å². The van der Waals surface area contributed by atoms with Crippen molar-refractivity contribution in [1.82, 2.24) is 9.88 Å². The van der Waals surface area contributed by atoms with Gasteiger partial charge >= 0.3 is 0 Å². The molecule has 1 aliphatic rings. The Morgan fingerprint density at radius 2 is 1.96 bits per heavy atom. The molecule has 1 fully saturated rings. The van der Waals surface area contributed by atoms with E-state index in [1.165, 1.54) is 18.4 Å². The van der Waals surface area contributed by atoms with E-state index in [2.05, 4.69) is 28.3 Å².